The van der Waals surface area contributed by atoms with Gasteiger partial charge in [-0.1, -0.05) is 18.2 Å². The lowest BCUT2D eigenvalue weighted by molar-refractivity contribution is 0.305. The lowest BCUT2D eigenvalue weighted by atomic mass is 10.1. The summed E-state index contributed by atoms with van der Waals surface area (Å²) in [5.74, 6) is 3.25. The van der Waals surface area contributed by atoms with Gasteiger partial charge in [-0.3, -0.25) is 4.99 Å². The molecule has 2 aromatic rings. The van der Waals surface area contributed by atoms with E-state index in [1.165, 1.54) is 11.1 Å². The summed E-state index contributed by atoms with van der Waals surface area (Å²) in [7, 11) is 11.2. The van der Waals surface area contributed by atoms with Crippen molar-refractivity contribution in [3.05, 3.63) is 53.6 Å². The van der Waals surface area contributed by atoms with E-state index in [4.69, 9.17) is 19.2 Å². The van der Waals surface area contributed by atoms with Gasteiger partial charge >= 0.3 is 0 Å². The highest BCUT2D eigenvalue weighted by Gasteiger charge is 2.15. The van der Waals surface area contributed by atoms with E-state index in [1.807, 2.05) is 24.3 Å². The first kappa shape index (κ1) is 28.8. The predicted molar refractivity (Wildman–Crippen MR) is 147 cm³/mol. The average molecular weight is 571 g/mol. The molecule has 2 rings (SSSR count). The van der Waals surface area contributed by atoms with Crippen molar-refractivity contribution in [3.8, 4) is 17.2 Å². The van der Waals surface area contributed by atoms with Crippen molar-refractivity contribution in [2.45, 2.75) is 19.4 Å². The van der Waals surface area contributed by atoms with Crippen LogP contribution in [0.4, 0.5) is 0 Å². The topological polar surface area (TPSA) is 58.6 Å². The summed E-state index contributed by atoms with van der Waals surface area (Å²) < 4.78 is 16.1. The molecule has 0 heterocycles. The maximum Gasteiger partial charge on any atom is 0.193 e. The number of nitrogens with one attached hydrogen (secondary N) is 1. The minimum atomic E-state index is 0. The molecule has 0 saturated carbocycles. The van der Waals surface area contributed by atoms with E-state index < -0.39 is 0 Å². The Hall–Kier alpha value is -2.20. The first-order valence-electron chi connectivity index (χ1n) is 10.9. The molecular formula is C25H39IN4O3. The molecule has 2 aromatic carbocycles. The Morgan fingerprint density at radius 2 is 1.61 bits per heavy atom. The third-order valence-corrected chi connectivity index (χ3v) is 5.42. The largest absolute Gasteiger partial charge is 0.497 e. The van der Waals surface area contributed by atoms with Crippen LogP contribution in [0, 0.1) is 0 Å². The van der Waals surface area contributed by atoms with E-state index in [9.17, 15) is 0 Å². The maximum atomic E-state index is 5.43. The smallest absolute Gasteiger partial charge is 0.193 e. The fourth-order valence-electron chi connectivity index (χ4n) is 3.47. The molecule has 0 aliphatic rings. The summed E-state index contributed by atoms with van der Waals surface area (Å²) >= 11 is 0. The molecule has 184 valence electrons. The van der Waals surface area contributed by atoms with Crippen LogP contribution >= 0.6 is 24.0 Å². The highest BCUT2D eigenvalue weighted by Crippen LogP contribution is 2.27. The first-order chi connectivity index (χ1) is 15.4. The second-order valence-corrected chi connectivity index (χ2v) is 7.81. The van der Waals surface area contributed by atoms with Gasteiger partial charge in [0, 0.05) is 20.1 Å². The molecule has 0 saturated heterocycles. The molecule has 1 unspecified atom stereocenters. The van der Waals surface area contributed by atoms with Crippen molar-refractivity contribution in [2.75, 3.05) is 62.1 Å². The highest BCUT2D eigenvalue weighted by atomic mass is 127. The van der Waals surface area contributed by atoms with Crippen molar-refractivity contribution in [1.29, 1.82) is 0 Å². The van der Waals surface area contributed by atoms with Crippen LogP contribution in [0.5, 0.6) is 17.2 Å². The molecule has 0 bridgehead atoms. The SMILES string of the molecule is CCNC(=NCC(c1ccc(OC)cc1)N(C)C)N(C)CCc1ccc(OC)c(OC)c1.I. The van der Waals surface area contributed by atoms with Gasteiger partial charge in [-0.15, -0.1) is 24.0 Å². The van der Waals surface area contributed by atoms with E-state index in [-0.39, 0.29) is 30.0 Å². The fraction of sp³-hybridized carbons (Fsp3) is 0.480. The third kappa shape index (κ3) is 8.58. The fourth-order valence-corrected chi connectivity index (χ4v) is 3.47. The molecule has 0 amide bonds. The molecule has 0 aliphatic heterocycles. The Morgan fingerprint density at radius 1 is 0.939 bits per heavy atom. The van der Waals surface area contributed by atoms with Crippen LogP contribution in [0.1, 0.15) is 24.1 Å². The average Bonchev–Trinajstić information content (AvgIpc) is 2.81. The van der Waals surface area contributed by atoms with Gasteiger partial charge in [0.05, 0.1) is 33.9 Å². The van der Waals surface area contributed by atoms with Gasteiger partial charge in [-0.05, 0) is 62.8 Å². The number of benzene rings is 2. The van der Waals surface area contributed by atoms with Crippen molar-refractivity contribution < 1.29 is 14.2 Å². The number of methoxy groups -OCH3 is 3. The second kappa shape index (κ2) is 14.8. The molecule has 0 aromatic heterocycles. The molecule has 1 N–H and O–H groups in total. The van der Waals surface area contributed by atoms with Crippen molar-refractivity contribution in [3.63, 3.8) is 0 Å². The Kier molecular flexibility index (Phi) is 13.0. The predicted octanol–water partition coefficient (Wildman–Crippen LogP) is 4.07. The van der Waals surface area contributed by atoms with Crippen LogP contribution in [-0.2, 0) is 6.42 Å². The van der Waals surface area contributed by atoms with Gasteiger partial charge in [0.25, 0.3) is 0 Å². The number of hydrogen-bond acceptors (Lipinski definition) is 5. The Labute approximate surface area is 216 Å². The summed E-state index contributed by atoms with van der Waals surface area (Å²) in [6.07, 6.45) is 0.872. The van der Waals surface area contributed by atoms with Crippen LogP contribution in [0.2, 0.25) is 0 Å². The lowest BCUT2D eigenvalue weighted by Gasteiger charge is -2.26. The van der Waals surface area contributed by atoms with Gasteiger partial charge in [-0.25, -0.2) is 0 Å². The van der Waals surface area contributed by atoms with Gasteiger partial charge in [-0.2, -0.15) is 0 Å². The van der Waals surface area contributed by atoms with Crippen LogP contribution < -0.4 is 19.5 Å². The van der Waals surface area contributed by atoms with Crippen molar-refractivity contribution in [2.24, 2.45) is 4.99 Å². The van der Waals surface area contributed by atoms with E-state index >= 15 is 0 Å². The molecule has 8 heteroatoms. The van der Waals surface area contributed by atoms with Crippen molar-refractivity contribution in [1.82, 2.24) is 15.1 Å². The van der Waals surface area contributed by atoms with Crippen LogP contribution in [0.3, 0.4) is 0 Å². The van der Waals surface area contributed by atoms with Gasteiger partial charge < -0.3 is 29.3 Å². The van der Waals surface area contributed by atoms with Crippen molar-refractivity contribution >= 4 is 29.9 Å². The molecule has 1 atom stereocenters. The Bertz CT molecular complexity index is 859. The molecule has 0 fully saturated rings. The minimum absolute atomic E-state index is 0. The van der Waals surface area contributed by atoms with Gasteiger partial charge in [0.15, 0.2) is 17.5 Å². The van der Waals surface area contributed by atoms with E-state index in [1.54, 1.807) is 21.3 Å². The van der Waals surface area contributed by atoms with Crippen LogP contribution in [0.15, 0.2) is 47.5 Å². The highest BCUT2D eigenvalue weighted by molar-refractivity contribution is 14.0. The van der Waals surface area contributed by atoms with E-state index in [0.29, 0.717) is 6.54 Å². The van der Waals surface area contributed by atoms with Gasteiger partial charge in [0.2, 0.25) is 0 Å². The molecule has 33 heavy (non-hydrogen) atoms. The summed E-state index contributed by atoms with van der Waals surface area (Å²) in [5, 5.41) is 3.42. The Morgan fingerprint density at radius 3 is 2.15 bits per heavy atom. The molecule has 7 nitrogen and oxygen atoms in total. The quantitative estimate of drug-likeness (QED) is 0.250. The van der Waals surface area contributed by atoms with Crippen LogP contribution in [0.25, 0.3) is 0 Å². The zero-order chi connectivity index (χ0) is 23.5. The number of likely N-dealkylation sites (N-methyl/N-ethyl adjacent to an activating group) is 2. The van der Waals surface area contributed by atoms with E-state index in [2.05, 4.69) is 61.4 Å². The normalized spacial score (nSPS) is 12.1. The zero-order valence-electron chi connectivity index (χ0n) is 20.9. The zero-order valence-corrected chi connectivity index (χ0v) is 23.3. The summed E-state index contributed by atoms with van der Waals surface area (Å²) in [6, 6.07) is 14.4. The lowest BCUT2D eigenvalue weighted by Crippen LogP contribution is -2.40. The molecule has 0 spiro atoms. The number of ether oxygens (including phenoxy) is 3. The number of guanidine groups is 1. The minimum Gasteiger partial charge on any atom is -0.497 e. The molecule has 0 radical (unpaired) electrons. The second-order valence-electron chi connectivity index (χ2n) is 7.81. The summed E-state index contributed by atoms with van der Waals surface area (Å²) in [4.78, 5) is 9.30. The number of nitrogens with zero attached hydrogens (tertiary/aromatic N) is 3. The van der Waals surface area contributed by atoms with Gasteiger partial charge in [0.1, 0.15) is 5.75 Å². The number of aliphatic imine (C=N–C) groups is 1. The van der Waals surface area contributed by atoms with Crippen LogP contribution in [-0.4, -0.2) is 77.9 Å². The monoisotopic (exact) mass is 570 g/mol. The Balaban J connectivity index is 0.00000544. The standard InChI is InChI=1S/C25H38N4O3.HI/c1-8-26-25(27-18-22(28(2)3)20-10-12-21(30-5)13-11-20)29(4)16-15-19-9-14-23(31-6)24(17-19)32-7;/h9-14,17,22H,8,15-16,18H2,1-7H3,(H,26,27);1H. The molecule has 0 aliphatic carbocycles. The molecular weight excluding hydrogens is 531 g/mol. The summed E-state index contributed by atoms with van der Waals surface area (Å²) in [5.41, 5.74) is 2.40. The first-order valence-corrected chi connectivity index (χ1v) is 10.9. The number of halogens is 1. The summed E-state index contributed by atoms with van der Waals surface area (Å²) in [6.45, 7) is 4.39. The maximum absolute atomic E-state index is 5.43. The van der Waals surface area contributed by atoms with E-state index in [0.717, 1.165) is 42.7 Å². The number of hydrogen-bond donors (Lipinski definition) is 1. The third-order valence-electron chi connectivity index (χ3n) is 5.42. The number of rotatable bonds is 11.